The Morgan fingerprint density at radius 1 is 1.19 bits per heavy atom. The third kappa shape index (κ3) is 4.78. The minimum Gasteiger partial charge on any atom is -0.394 e. The molecule has 0 atom stereocenters. The molecular weight excluding hydrogens is 336 g/mol. The molecule has 5 nitrogen and oxygen atoms in total. The highest BCUT2D eigenvalue weighted by atomic mass is 79.9. The van der Waals surface area contributed by atoms with Crippen LogP contribution in [-0.2, 0) is 4.74 Å². The number of ether oxygens (including phenoxy) is 1. The van der Waals surface area contributed by atoms with Crippen LogP contribution in [0.2, 0.25) is 0 Å². The highest BCUT2D eigenvalue weighted by Crippen LogP contribution is 2.18. The molecule has 0 aliphatic carbocycles. The molecule has 1 amide bonds. The van der Waals surface area contributed by atoms with Crippen LogP contribution >= 0.6 is 15.9 Å². The van der Waals surface area contributed by atoms with Gasteiger partial charge in [0.15, 0.2) is 0 Å². The van der Waals surface area contributed by atoms with E-state index < -0.39 is 0 Å². The fraction of sp³-hybridized carbons (Fsp3) is 0.533. The molecule has 21 heavy (non-hydrogen) atoms. The van der Waals surface area contributed by atoms with E-state index in [4.69, 9.17) is 9.84 Å². The molecule has 0 saturated carbocycles. The first-order valence-corrected chi connectivity index (χ1v) is 7.96. The van der Waals surface area contributed by atoms with E-state index in [1.54, 1.807) is 0 Å². The van der Waals surface area contributed by atoms with Crippen LogP contribution in [0.25, 0.3) is 0 Å². The first kappa shape index (κ1) is 16.4. The SMILES string of the molecule is O=C(c1ccccc1Br)N1CCN(CCOCCO)CC1. The Hall–Kier alpha value is -0.950. The van der Waals surface area contributed by atoms with Crippen LogP contribution in [0, 0.1) is 0 Å². The summed E-state index contributed by atoms with van der Waals surface area (Å²) in [7, 11) is 0. The summed E-state index contributed by atoms with van der Waals surface area (Å²) in [5, 5.41) is 8.64. The lowest BCUT2D eigenvalue weighted by Gasteiger charge is -2.34. The molecule has 1 heterocycles. The number of rotatable bonds is 6. The number of hydrogen-bond donors (Lipinski definition) is 1. The van der Waals surface area contributed by atoms with Gasteiger partial charge < -0.3 is 14.7 Å². The number of aliphatic hydroxyl groups excluding tert-OH is 1. The van der Waals surface area contributed by atoms with Crippen LogP contribution in [0.1, 0.15) is 10.4 Å². The number of nitrogens with zero attached hydrogens (tertiary/aromatic N) is 2. The number of carbonyl (C=O) groups excluding carboxylic acids is 1. The molecule has 1 N–H and O–H groups in total. The molecule has 1 aromatic rings. The van der Waals surface area contributed by atoms with E-state index in [1.165, 1.54) is 0 Å². The van der Waals surface area contributed by atoms with Gasteiger partial charge in [0.1, 0.15) is 0 Å². The van der Waals surface area contributed by atoms with E-state index in [0.717, 1.165) is 42.8 Å². The predicted octanol–water partition coefficient (Wildman–Crippen LogP) is 1.22. The summed E-state index contributed by atoms with van der Waals surface area (Å²) < 4.78 is 6.11. The van der Waals surface area contributed by atoms with E-state index in [2.05, 4.69) is 20.8 Å². The standard InChI is InChI=1S/C15H21BrN2O3/c16-14-4-2-1-3-13(14)15(20)18-7-5-17(6-8-18)9-11-21-12-10-19/h1-4,19H,5-12H2. The van der Waals surface area contributed by atoms with Gasteiger partial charge in [0, 0.05) is 37.2 Å². The maximum atomic E-state index is 12.5. The van der Waals surface area contributed by atoms with Gasteiger partial charge >= 0.3 is 0 Å². The maximum absolute atomic E-state index is 12.5. The van der Waals surface area contributed by atoms with Gasteiger partial charge in [-0.1, -0.05) is 12.1 Å². The molecule has 0 spiro atoms. The van der Waals surface area contributed by atoms with Crippen LogP contribution < -0.4 is 0 Å². The van der Waals surface area contributed by atoms with Crippen molar-refractivity contribution in [3.8, 4) is 0 Å². The van der Waals surface area contributed by atoms with Gasteiger partial charge in [-0.25, -0.2) is 0 Å². The summed E-state index contributed by atoms with van der Waals surface area (Å²) in [4.78, 5) is 16.6. The summed E-state index contributed by atoms with van der Waals surface area (Å²) >= 11 is 3.43. The Kier molecular flexibility index (Phi) is 6.63. The Morgan fingerprint density at radius 3 is 2.57 bits per heavy atom. The lowest BCUT2D eigenvalue weighted by atomic mass is 10.2. The quantitative estimate of drug-likeness (QED) is 0.778. The van der Waals surface area contributed by atoms with Crippen molar-refractivity contribution < 1.29 is 14.6 Å². The van der Waals surface area contributed by atoms with Crippen LogP contribution in [-0.4, -0.2) is 73.4 Å². The first-order chi connectivity index (χ1) is 10.2. The van der Waals surface area contributed by atoms with Gasteiger partial charge in [-0.15, -0.1) is 0 Å². The molecule has 2 rings (SSSR count). The molecule has 1 aromatic carbocycles. The van der Waals surface area contributed by atoms with Gasteiger partial charge in [-0.2, -0.15) is 0 Å². The topological polar surface area (TPSA) is 53.0 Å². The highest BCUT2D eigenvalue weighted by molar-refractivity contribution is 9.10. The Bertz CT molecular complexity index is 462. The molecular formula is C15H21BrN2O3. The summed E-state index contributed by atoms with van der Waals surface area (Å²) in [5.74, 6) is 0.0821. The average Bonchev–Trinajstić information content (AvgIpc) is 2.52. The van der Waals surface area contributed by atoms with Gasteiger partial charge in [0.05, 0.1) is 25.4 Å². The molecule has 1 fully saturated rings. The monoisotopic (exact) mass is 356 g/mol. The zero-order valence-corrected chi connectivity index (χ0v) is 13.6. The van der Waals surface area contributed by atoms with Crippen molar-refractivity contribution in [2.24, 2.45) is 0 Å². The Labute approximate surface area is 133 Å². The molecule has 0 unspecified atom stereocenters. The molecule has 0 radical (unpaired) electrons. The maximum Gasteiger partial charge on any atom is 0.255 e. The predicted molar refractivity (Wildman–Crippen MR) is 84.4 cm³/mol. The minimum absolute atomic E-state index is 0.0637. The van der Waals surface area contributed by atoms with Crippen molar-refractivity contribution in [3.63, 3.8) is 0 Å². The summed E-state index contributed by atoms with van der Waals surface area (Å²) in [5.41, 5.74) is 0.720. The molecule has 6 heteroatoms. The number of carbonyl (C=O) groups is 1. The number of piperazine rings is 1. The highest BCUT2D eigenvalue weighted by Gasteiger charge is 2.22. The molecule has 0 bridgehead atoms. The van der Waals surface area contributed by atoms with Crippen LogP contribution in [0.3, 0.4) is 0 Å². The third-order valence-electron chi connectivity index (χ3n) is 3.55. The van der Waals surface area contributed by atoms with Gasteiger partial charge in [0.2, 0.25) is 0 Å². The third-order valence-corrected chi connectivity index (χ3v) is 4.24. The average molecular weight is 357 g/mol. The number of amides is 1. The second-order valence-corrected chi connectivity index (χ2v) is 5.80. The van der Waals surface area contributed by atoms with Gasteiger partial charge in [0.25, 0.3) is 5.91 Å². The molecule has 1 aliphatic heterocycles. The first-order valence-electron chi connectivity index (χ1n) is 7.17. The summed E-state index contributed by atoms with van der Waals surface area (Å²) in [6.07, 6.45) is 0. The van der Waals surface area contributed by atoms with Crippen LogP contribution in [0.4, 0.5) is 0 Å². The van der Waals surface area contributed by atoms with E-state index in [-0.39, 0.29) is 12.5 Å². The zero-order valence-electron chi connectivity index (χ0n) is 12.0. The van der Waals surface area contributed by atoms with E-state index in [9.17, 15) is 4.79 Å². The van der Waals surface area contributed by atoms with Crippen LogP contribution in [0.15, 0.2) is 28.7 Å². The molecule has 1 aliphatic rings. The van der Waals surface area contributed by atoms with Gasteiger partial charge in [-0.3, -0.25) is 9.69 Å². The second kappa shape index (κ2) is 8.48. The second-order valence-electron chi connectivity index (χ2n) is 4.95. The fourth-order valence-electron chi connectivity index (χ4n) is 2.34. The summed E-state index contributed by atoms with van der Waals surface area (Å²) in [6, 6.07) is 7.53. The zero-order chi connectivity index (χ0) is 15.1. The van der Waals surface area contributed by atoms with Crippen molar-refractivity contribution in [3.05, 3.63) is 34.3 Å². The minimum atomic E-state index is 0.0637. The van der Waals surface area contributed by atoms with E-state index >= 15 is 0 Å². The van der Waals surface area contributed by atoms with Crippen molar-refractivity contribution in [1.82, 2.24) is 9.80 Å². The van der Waals surface area contributed by atoms with E-state index in [1.807, 2.05) is 29.2 Å². The van der Waals surface area contributed by atoms with Crippen molar-refractivity contribution >= 4 is 21.8 Å². The molecule has 1 saturated heterocycles. The number of halogens is 1. The van der Waals surface area contributed by atoms with Crippen molar-refractivity contribution in [2.45, 2.75) is 0 Å². The number of benzene rings is 1. The normalized spacial score (nSPS) is 16.2. The van der Waals surface area contributed by atoms with Crippen molar-refractivity contribution in [1.29, 1.82) is 0 Å². The van der Waals surface area contributed by atoms with Gasteiger partial charge in [-0.05, 0) is 28.1 Å². The lowest BCUT2D eigenvalue weighted by molar-refractivity contribution is 0.0486. The number of aliphatic hydroxyl groups is 1. The van der Waals surface area contributed by atoms with Crippen LogP contribution in [0.5, 0.6) is 0 Å². The summed E-state index contributed by atoms with van der Waals surface area (Å²) in [6.45, 7) is 5.11. The number of hydrogen-bond acceptors (Lipinski definition) is 4. The largest absolute Gasteiger partial charge is 0.394 e. The van der Waals surface area contributed by atoms with E-state index in [0.29, 0.717) is 13.2 Å². The Balaban J connectivity index is 1.78. The molecule has 0 aromatic heterocycles. The molecule has 116 valence electrons. The Morgan fingerprint density at radius 2 is 1.90 bits per heavy atom. The lowest BCUT2D eigenvalue weighted by Crippen LogP contribution is -2.49. The fourth-order valence-corrected chi connectivity index (χ4v) is 2.79. The van der Waals surface area contributed by atoms with Crippen molar-refractivity contribution in [2.75, 3.05) is 52.5 Å². The smallest absolute Gasteiger partial charge is 0.255 e.